The zero-order chi connectivity index (χ0) is 18.3. The van der Waals surface area contributed by atoms with Crippen LogP contribution in [0.25, 0.3) is 0 Å². The Bertz CT molecular complexity index is 714. The maximum Gasteiger partial charge on any atom is 0.307 e. The molecule has 0 radical (unpaired) electrons. The number of ether oxygens (including phenoxy) is 1. The summed E-state index contributed by atoms with van der Waals surface area (Å²) in [5, 5.41) is 10.7. The topological polar surface area (TPSA) is 80.7 Å². The standard InChI is InChI=1S/C19H21O5P/c1-2-24-18(20)13-15(19(21)22)14-25(23,16-9-5-3-6-10-16)17-11-7-4-8-12-17/h3-12,15H,2,13-14H2,1H3,(H,21,22). The summed E-state index contributed by atoms with van der Waals surface area (Å²) in [6.07, 6.45) is -0.429. The highest BCUT2D eigenvalue weighted by Crippen LogP contribution is 2.45. The van der Waals surface area contributed by atoms with E-state index in [-0.39, 0.29) is 19.2 Å². The zero-order valence-corrected chi connectivity index (χ0v) is 14.9. The number of carbonyl (C=O) groups is 2. The summed E-state index contributed by atoms with van der Waals surface area (Å²) < 4.78 is 18.7. The Labute approximate surface area is 147 Å². The van der Waals surface area contributed by atoms with Gasteiger partial charge in [-0.25, -0.2) is 0 Å². The minimum absolute atomic E-state index is 0.130. The molecule has 1 atom stereocenters. The molecule has 0 saturated heterocycles. The maximum absolute atomic E-state index is 13.9. The Morgan fingerprint density at radius 2 is 1.48 bits per heavy atom. The number of hydrogen-bond acceptors (Lipinski definition) is 4. The Morgan fingerprint density at radius 1 is 1.00 bits per heavy atom. The van der Waals surface area contributed by atoms with Crippen molar-refractivity contribution in [3.8, 4) is 0 Å². The first-order valence-electron chi connectivity index (χ1n) is 8.06. The third kappa shape index (κ3) is 4.80. The monoisotopic (exact) mass is 360 g/mol. The molecule has 6 heteroatoms. The number of rotatable bonds is 8. The SMILES string of the molecule is CCOC(=O)CC(CP(=O)(c1ccccc1)c1ccccc1)C(=O)O. The molecule has 2 rings (SSSR count). The number of hydrogen-bond donors (Lipinski definition) is 1. The van der Waals surface area contributed by atoms with Gasteiger partial charge in [0.15, 0.2) is 0 Å². The predicted octanol–water partition coefficient (Wildman–Crippen LogP) is 2.65. The Hall–Kier alpha value is -2.39. The molecule has 5 nitrogen and oxygen atoms in total. The van der Waals surface area contributed by atoms with Crippen LogP contribution in [-0.2, 0) is 18.9 Å². The van der Waals surface area contributed by atoms with Crippen molar-refractivity contribution in [1.82, 2.24) is 0 Å². The fourth-order valence-corrected chi connectivity index (χ4v) is 5.59. The number of carbonyl (C=O) groups excluding carboxylic acids is 1. The van der Waals surface area contributed by atoms with Crippen LogP contribution in [0.1, 0.15) is 13.3 Å². The number of carboxylic acid groups (broad SMARTS) is 1. The molecule has 25 heavy (non-hydrogen) atoms. The number of benzene rings is 2. The first-order chi connectivity index (χ1) is 12.0. The zero-order valence-electron chi connectivity index (χ0n) is 14.0. The van der Waals surface area contributed by atoms with Crippen molar-refractivity contribution >= 4 is 29.7 Å². The molecule has 0 aliphatic carbocycles. The second-order valence-electron chi connectivity index (χ2n) is 5.64. The smallest absolute Gasteiger partial charge is 0.307 e. The van der Waals surface area contributed by atoms with Crippen LogP contribution in [0.5, 0.6) is 0 Å². The molecular formula is C19H21O5P. The molecule has 0 aromatic heterocycles. The molecule has 132 valence electrons. The summed E-state index contributed by atoms with van der Waals surface area (Å²) in [5.74, 6) is -2.83. The number of aliphatic carboxylic acids is 1. The summed E-state index contributed by atoms with van der Waals surface area (Å²) in [6.45, 7) is 1.84. The van der Waals surface area contributed by atoms with Gasteiger partial charge in [-0.05, 0) is 6.92 Å². The van der Waals surface area contributed by atoms with Crippen LogP contribution < -0.4 is 10.6 Å². The van der Waals surface area contributed by atoms with E-state index in [2.05, 4.69) is 0 Å². The Morgan fingerprint density at radius 3 is 1.88 bits per heavy atom. The van der Waals surface area contributed by atoms with Gasteiger partial charge < -0.3 is 14.4 Å². The largest absolute Gasteiger partial charge is 0.481 e. The molecule has 1 unspecified atom stereocenters. The fourth-order valence-electron chi connectivity index (χ4n) is 2.66. The van der Waals surface area contributed by atoms with Gasteiger partial charge in [0, 0.05) is 16.8 Å². The van der Waals surface area contributed by atoms with Gasteiger partial charge in [-0.3, -0.25) is 9.59 Å². The van der Waals surface area contributed by atoms with E-state index < -0.39 is 25.0 Å². The molecule has 2 aromatic carbocycles. The molecule has 0 aliphatic rings. The van der Waals surface area contributed by atoms with Crippen LogP contribution in [0, 0.1) is 5.92 Å². The van der Waals surface area contributed by atoms with Gasteiger partial charge in [-0.2, -0.15) is 0 Å². The highest BCUT2D eigenvalue weighted by Gasteiger charge is 2.35. The summed E-state index contributed by atoms with van der Waals surface area (Å²) in [4.78, 5) is 23.4. The predicted molar refractivity (Wildman–Crippen MR) is 97.0 cm³/mol. The second-order valence-corrected chi connectivity index (χ2v) is 8.52. The minimum atomic E-state index is -3.20. The second kappa shape index (κ2) is 8.63. The number of esters is 1. The van der Waals surface area contributed by atoms with Gasteiger partial charge in [0.05, 0.1) is 18.9 Å². The molecule has 2 aromatic rings. The third-order valence-corrected chi connectivity index (χ3v) is 7.11. The Kier molecular flexibility index (Phi) is 6.54. The molecule has 0 aliphatic heterocycles. The van der Waals surface area contributed by atoms with E-state index in [1.54, 1.807) is 55.5 Å². The van der Waals surface area contributed by atoms with E-state index >= 15 is 0 Å². The third-order valence-electron chi connectivity index (χ3n) is 3.89. The fraction of sp³-hybridized carbons (Fsp3) is 0.263. The quantitative estimate of drug-likeness (QED) is 0.578. The minimum Gasteiger partial charge on any atom is -0.481 e. The van der Waals surface area contributed by atoms with Crippen LogP contribution in [0.3, 0.4) is 0 Å². The van der Waals surface area contributed by atoms with Crippen molar-refractivity contribution in [1.29, 1.82) is 0 Å². The van der Waals surface area contributed by atoms with Gasteiger partial charge in [0.2, 0.25) is 0 Å². The van der Waals surface area contributed by atoms with Crippen molar-refractivity contribution in [2.24, 2.45) is 5.92 Å². The molecular weight excluding hydrogens is 339 g/mol. The van der Waals surface area contributed by atoms with E-state index in [1.807, 2.05) is 12.1 Å². The summed E-state index contributed by atoms with van der Waals surface area (Å²) in [5.41, 5.74) is 0. The van der Waals surface area contributed by atoms with Crippen molar-refractivity contribution in [3.05, 3.63) is 60.7 Å². The summed E-state index contributed by atoms with van der Waals surface area (Å²) in [6, 6.07) is 17.6. The lowest BCUT2D eigenvalue weighted by Crippen LogP contribution is -2.28. The van der Waals surface area contributed by atoms with Crippen molar-refractivity contribution in [2.75, 3.05) is 12.8 Å². The van der Waals surface area contributed by atoms with Crippen LogP contribution in [0.15, 0.2) is 60.7 Å². The van der Waals surface area contributed by atoms with Crippen molar-refractivity contribution in [3.63, 3.8) is 0 Å². The van der Waals surface area contributed by atoms with Gasteiger partial charge >= 0.3 is 11.9 Å². The number of carboxylic acids is 1. The average molecular weight is 360 g/mol. The first-order valence-corrected chi connectivity index (χ1v) is 9.95. The van der Waals surface area contributed by atoms with Crippen LogP contribution in [-0.4, -0.2) is 29.8 Å². The van der Waals surface area contributed by atoms with E-state index in [0.29, 0.717) is 10.6 Å². The lowest BCUT2D eigenvalue weighted by Gasteiger charge is -2.22. The van der Waals surface area contributed by atoms with Gasteiger partial charge in [-0.1, -0.05) is 60.7 Å². The van der Waals surface area contributed by atoms with Crippen LogP contribution >= 0.6 is 7.14 Å². The first kappa shape index (κ1) is 18.9. The van der Waals surface area contributed by atoms with Crippen LogP contribution in [0.2, 0.25) is 0 Å². The lowest BCUT2D eigenvalue weighted by molar-refractivity contribution is -0.150. The average Bonchev–Trinajstić information content (AvgIpc) is 2.62. The Balaban J connectivity index is 2.40. The van der Waals surface area contributed by atoms with E-state index in [9.17, 15) is 19.3 Å². The van der Waals surface area contributed by atoms with Crippen LogP contribution in [0.4, 0.5) is 0 Å². The molecule has 0 bridgehead atoms. The molecule has 0 heterocycles. The summed E-state index contributed by atoms with van der Waals surface area (Å²) in [7, 11) is -3.20. The normalized spacial score (nSPS) is 12.4. The van der Waals surface area contributed by atoms with E-state index in [4.69, 9.17) is 4.74 Å². The molecule has 0 spiro atoms. The van der Waals surface area contributed by atoms with Gasteiger partial charge in [-0.15, -0.1) is 0 Å². The molecule has 0 amide bonds. The van der Waals surface area contributed by atoms with Gasteiger partial charge in [0.25, 0.3) is 0 Å². The van der Waals surface area contributed by atoms with E-state index in [1.165, 1.54) is 0 Å². The lowest BCUT2D eigenvalue weighted by atomic mass is 10.1. The highest BCUT2D eigenvalue weighted by molar-refractivity contribution is 7.78. The molecule has 0 fully saturated rings. The van der Waals surface area contributed by atoms with Crippen molar-refractivity contribution < 1.29 is 24.0 Å². The molecule has 0 saturated carbocycles. The van der Waals surface area contributed by atoms with Crippen molar-refractivity contribution in [2.45, 2.75) is 13.3 Å². The maximum atomic E-state index is 13.9. The van der Waals surface area contributed by atoms with E-state index in [0.717, 1.165) is 0 Å². The van der Waals surface area contributed by atoms with Gasteiger partial charge in [0.1, 0.15) is 7.14 Å². The molecule has 1 N–H and O–H groups in total. The summed E-state index contributed by atoms with van der Waals surface area (Å²) >= 11 is 0. The highest BCUT2D eigenvalue weighted by atomic mass is 31.2.